The van der Waals surface area contributed by atoms with Crippen molar-refractivity contribution in [1.29, 1.82) is 0 Å². The van der Waals surface area contributed by atoms with Gasteiger partial charge in [0.2, 0.25) is 0 Å². The van der Waals surface area contributed by atoms with Gasteiger partial charge in [-0.05, 0) is 66.6 Å². The zero-order chi connectivity index (χ0) is 15.7. The molecule has 2 fully saturated rings. The molecule has 0 aliphatic heterocycles. The summed E-state index contributed by atoms with van der Waals surface area (Å²) in [5.41, 5.74) is 7.61. The molecule has 0 aromatic heterocycles. The molecule has 0 radical (unpaired) electrons. The minimum Gasteiger partial charge on any atom is -0.508 e. The number of aliphatic hydroxyl groups is 2. The van der Waals surface area contributed by atoms with E-state index in [-0.39, 0.29) is 22.6 Å². The second-order valence-corrected chi connectivity index (χ2v) is 8.32. The summed E-state index contributed by atoms with van der Waals surface area (Å²) < 4.78 is 0. The van der Waals surface area contributed by atoms with Crippen molar-refractivity contribution in [2.75, 3.05) is 0 Å². The number of hydrogen-bond acceptors (Lipinski definition) is 3. The van der Waals surface area contributed by atoms with E-state index in [1.54, 1.807) is 0 Å². The summed E-state index contributed by atoms with van der Waals surface area (Å²) in [6, 6.07) is 0.273. The highest BCUT2D eigenvalue weighted by Crippen LogP contribution is 2.63. The van der Waals surface area contributed by atoms with Crippen LogP contribution in [0.3, 0.4) is 0 Å². The molecule has 7 atom stereocenters. The average Bonchev–Trinajstić information content (AvgIpc) is 2.77. The van der Waals surface area contributed by atoms with Gasteiger partial charge in [-0.25, -0.2) is 0 Å². The van der Waals surface area contributed by atoms with E-state index < -0.39 is 6.10 Å². The molecule has 2 saturated carbocycles. The van der Waals surface area contributed by atoms with E-state index in [1.807, 2.05) is 18.2 Å². The molecule has 3 heteroatoms. The molecule has 3 nitrogen and oxygen atoms in total. The minimum absolute atomic E-state index is 0.0653. The first kappa shape index (κ1) is 14.5. The van der Waals surface area contributed by atoms with Crippen molar-refractivity contribution in [2.45, 2.75) is 51.7 Å². The van der Waals surface area contributed by atoms with E-state index in [0.717, 1.165) is 31.3 Å². The SMILES string of the molecule is C[C@]12CC[C@H]3[C@@H]([C@@H](O)C=C4C=C(O)C=C[C@@]43C)[C@@H]1CC[C@@H]2N. The van der Waals surface area contributed by atoms with Crippen LogP contribution in [0.5, 0.6) is 0 Å². The highest BCUT2D eigenvalue weighted by molar-refractivity contribution is 5.44. The fourth-order valence-electron chi connectivity index (χ4n) is 5.99. The van der Waals surface area contributed by atoms with Crippen molar-refractivity contribution in [1.82, 2.24) is 0 Å². The maximum Gasteiger partial charge on any atom is 0.115 e. The fourth-order valence-corrected chi connectivity index (χ4v) is 5.99. The summed E-state index contributed by atoms with van der Waals surface area (Å²) in [6.45, 7) is 4.60. The van der Waals surface area contributed by atoms with Crippen molar-refractivity contribution in [3.63, 3.8) is 0 Å². The molecular weight excluding hydrogens is 274 g/mol. The number of aliphatic hydroxyl groups excluding tert-OH is 2. The van der Waals surface area contributed by atoms with Crippen LogP contribution in [0, 0.1) is 28.6 Å². The van der Waals surface area contributed by atoms with Crippen LogP contribution in [0.25, 0.3) is 0 Å². The molecule has 4 N–H and O–H groups in total. The van der Waals surface area contributed by atoms with Crippen LogP contribution < -0.4 is 5.73 Å². The number of nitrogens with two attached hydrogens (primary N) is 1. The molecule has 4 rings (SSSR count). The fraction of sp³-hybridized carbons (Fsp3) is 0.684. The van der Waals surface area contributed by atoms with Gasteiger partial charge in [-0.15, -0.1) is 0 Å². The second kappa shape index (κ2) is 4.48. The topological polar surface area (TPSA) is 66.5 Å². The Morgan fingerprint density at radius 3 is 2.73 bits per heavy atom. The number of allylic oxidation sites excluding steroid dienone is 4. The first-order chi connectivity index (χ1) is 10.4. The predicted molar refractivity (Wildman–Crippen MR) is 87.1 cm³/mol. The lowest BCUT2D eigenvalue weighted by Crippen LogP contribution is -2.54. The molecule has 0 aromatic carbocycles. The number of rotatable bonds is 0. The van der Waals surface area contributed by atoms with Crippen molar-refractivity contribution < 1.29 is 10.2 Å². The van der Waals surface area contributed by atoms with Crippen LogP contribution in [-0.4, -0.2) is 22.4 Å². The van der Waals surface area contributed by atoms with E-state index in [9.17, 15) is 10.2 Å². The summed E-state index contributed by atoms with van der Waals surface area (Å²) in [6.07, 6.45) is 11.8. The van der Waals surface area contributed by atoms with Gasteiger partial charge in [0, 0.05) is 11.5 Å². The molecule has 0 unspecified atom stereocenters. The summed E-state index contributed by atoms with van der Waals surface area (Å²) in [4.78, 5) is 0. The van der Waals surface area contributed by atoms with Gasteiger partial charge in [0.1, 0.15) is 5.76 Å². The van der Waals surface area contributed by atoms with E-state index in [0.29, 0.717) is 17.8 Å². The largest absolute Gasteiger partial charge is 0.508 e. The first-order valence-electron chi connectivity index (χ1n) is 8.62. The molecule has 0 saturated heterocycles. The molecule has 120 valence electrons. The standard InChI is InChI=1S/C19H27NO2/c1-18-7-5-12(21)9-11(18)10-15(22)17-13-3-4-16(20)19(13,2)8-6-14(17)18/h5,7,9-10,13-17,21-22H,3-4,6,8,20H2,1-2H3/t13-,14-,15-,16-,17-,18-,19-/m0/s1. The van der Waals surface area contributed by atoms with Crippen LogP contribution in [0.1, 0.15) is 39.5 Å². The lowest BCUT2D eigenvalue weighted by Gasteiger charge is -2.56. The average molecular weight is 301 g/mol. The summed E-state index contributed by atoms with van der Waals surface area (Å²) in [7, 11) is 0. The van der Waals surface area contributed by atoms with Crippen LogP contribution in [0.4, 0.5) is 0 Å². The van der Waals surface area contributed by atoms with Crippen molar-refractivity contribution >= 4 is 0 Å². The summed E-state index contributed by atoms with van der Waals surface area (Å²) in [5, 5.41) is 20.6. The zero-order valence-electron chi connectivity index (χ0n) is 13.5. The molecule has 0 heterocycles. The lowest BCUT2D eigenvalue weighted by atomic mass is 9.49. The van der Waals surface area contributed by atoms with Crippen LogP contribution in [0.2, 0.25) is 0 Å². The van der Waals surface area contributed by atoms with Gasteiger partial charge in [0.15, 0.2) is 0 Å². The third-order valence-corrected chi connectivity index (χ3v) is 7.45. The Balaban J connectivity index is 1.79. The maximum atomic E-state index is 10.8. The predicted octanol–water partition coefficient (Wildman–Crippen LogP) is 3.08. The van der Waals surface area contributed by atoms with Crippen molar-refractivity contribution in [2.24, 2.45) is 34.3 Å². The molecule has 0 aromatic rings. The molecule has 4 aliphatic rings. The summed E-state index contributed by atoms with van der Waals surface area (Å²) in [5.74, 6) is 1.53. The zero-order valence-corrected chi connectivity index (χ0v) is 13.5. The summed E-state index contributed by atoms with van der Waals surface area (Å²) >= 11 is 0. The monoisotopic (exact) mass is 301 g/mol. The maximum absolute atomic E-state index is 10.8. The van der Waals surface area contributed by atoms with Gasteiger partial charge < -0.3 is 15.9 Å². The van der Waals surface area contributed by atoms with Crippen molar-refractivity contribution in [3.05, 3.63) is 35.6 Å². The normalized spacial score (nSPS) is 53.2. The van der Waals surface area contributed by atoms with E-state index in [1.165, 1.54) is 0 Å². The quantitative estimate of drug-likeness (QED) is 0.644. The Morgan fingerprint density at radius 1 is 1.18 bits per heavy atom. The Hall–Kier alpha value is -1.06. The Bertz CT molecular complexity index is 592. The third-order valence-electron chi connectivity index (χ3n) is 7.45. The van der Waals surface area contributed by atoms with Crippen LogP contribution in [0.15, 0.2) is 35.6 Å². The van der Waals surface area contributed by atoms with E-state index >= 15 is 0 Å². The van der Waals surface area contributed by atoms with Crippen molar-refractivity contribution in [3.8, 4) is 0 Å². The smallest absolute Gasteiger partial charge is 0.115 e. The third kappa shape index (κ3) is 1.70. The molecular formula is C19H27NO2. The van der Waals surface area contributed by atoms with Gasteiger partial charge in [0.25, 0.3) is 0 Å². The van der Waals surface area contributed by atoms with E-state index in [2.05, 4.69) is 19.9 Å². The Morgan fingerprint density at radius 2 is 1.95 bits per heavy atom. The molecule has 0 bridgehead atoms. The van der Waals surface area contributed by atoms with E-state index in [4.69, 9.17) is 5.73 Å². The Labute approximate surface area is 132 Å². The van der Waals surface area contributed by atoms with Gasteiger partial charge in [-0.1, -0.05) is 26.0 Å². The van der Waals surface area contributed by atoms with Gasteiger partial charge in [0.05, 0.1) is 6.10 Å². The highest BCUT2D eigenvalue weighted by Gasteiger charge is 2.59. The lowest BCUT2D eigenvalue weighted by molar-refractivity contribution is -0.0616. The van der Waals surface area contributed by atoms with Crippen LogP contribution >= 0.6 is 0 Å². The van der Waals surface area contributed by atoms with Gasteiger partial charge in [-0.3, -0.25) is 0 Å². The second-order valence-electron chi connectivity index (χ2n) is 8.32. The van der Waals surface area contributed by atoms with Gasteiger partial charge >= 0.3 is 0 Å². The first-order valence-corrected chi connectivity index (χ1v) is 8.62. The van der Waals surface area contributed by atoms with Gasteiger partial charge in [-0.2, -0.15) is 0 Å². The minimum atomic E-state index is -0.418. The number of fused-ring (bicyclic) bond motifs is 5. The number of hydrogen-bond donors (Lipinski definition) is 3. The van der Waals surface area contributed by atoms with Crippen LogP contribution in [-0.2, 0) is 0 Å². The molecule has 4 aliphatic carbocycles. The Kier molecular flexibility index (Phi) is 2.96. The molecule has 0 amide bonds. The molecule has 0 spiro atoms. The molecule has 22 heavy (non-hydrogen) atoms. The highest BCUT2D eigenvalue weighted by atomic mass is 16.3.